The summed E-state index contributed by atoms with van der Waals surface area (Å²) in [6.07, 6.45) is 1.39. The van der Waals surface area contributed by atoms with E-state index in [1.807, 2.05) is 0 Å². The van der Waals surface area contributed by atoms with Crippen LogP contribution in [0.25, 0.3) is 0 Å². The van der Waals surface area contributed by atoms with Crippen molar-refractivity contribution in [1.82, 2.24) is 10.2 Å². The number of piperidine rings is 1. The third-order valence-corrected chi connectivity index (χ3v) is 2.44. The maximum absolute atomic E-state index is 5.46. The lowest BCUT2D eigenvalue weighted by atomic mass is 9.91. The van der Waals surface area contributed by atoms with Gasteiger partial charge in [-0.15, -0.1) is 0 Å². The fourth-order valence-electron chi connectivity index (χ4n) is 1.97. The Bertz CT molecular complexity index is 110. The van der Waals surface area contributed by atoms with Crippen molar-refractivity contribution in [3.8, 4) is 0 Å². The van der Waals surface area contributed by atoms with Gasteiger partial charge in [0.25, 0.3) is 0 Å². The minimum absolute atomic E-state index is 0.783. The molecular weight excluding hydrogens is 126 g/mol. The van der Waals surface area contributed by atoms with Gasteiger partial charge in [0.2, 0.25) is 0 Å². The van der Waals surface area contributed by atoms with E-state index in [4.69, 9.17) is 5.73 Å². The normalized spacial score (nSPS) is 39.3. The van der Waals surface area contributed by atoms with Crippen LogP contribution >= 0.6 is 0 Å². The predicted octanol–water partition coefficient (Wildman–Crippen LogP) is -1.01. The van der Waals surface area contributed by atoms with Crippen LogP contribution in [0.3, 0.4) is 0 Å². The summed E-state index contributed by atoms with van der Waals surface area (Å²) in [5.41, 5.74) is 5.46. The van der Waals surface area contributed by atoms with E-state index in [0.29, 0.717) is 0 Å². The van der Waals surface area contributed by atoms with Crippen molar-refractivity contribution in [3.63, 3.8) is 0 Å². The van der Waals surface area contributed by atoms with Crippen molar-refractivity contribution in [3.05, 3.63) is 0 Å². The molecule has 0 aromatic heterocycles. The molecule has 3 nitrogen and oxygen atoms in total. The van der Waals surface area contributed by atoms with Gasteiger partial charge >= 0.3 is 0 Å². The summed E-state index contributed by atoms with van der Waals surface area (Å²) < 4.78 is 0. The zero-order valence-corrected chi connectivity index (χ0v) is 6.21. The molecule has 3 rings (SSSR count). The molecule has 0 spiro atoms. The van der Waals surface area contributed by atoms with Gasteiger partial charge in [0, 0.05) is 38.3 Å². The Morgan fingerprint density at radius 3 is 2.50 bits per heavy atom. The third kappa shape index (κ3) is 1.05. The Morgan fingerprint density at radius 2 is 2.00 bits per heavy atom. The van der Waals surface area contributed by atoms with Crippen LogP contribution in [-0.4, -0.2) is 43.2 Å². The van der Waals surface area contributed by atoms with Crippen LogP contribution in [0.5, 0.6) is 0 Å². The molecule has 3 fully saturated rings. The van der Waals surface area contributed by atoms with Crippen molar-refractivity contribution >= 4 is 0 Å². The first-order chi connectivity index (χ1) is 4.88. The first-order valence-corrected chi connectivity index (χ1v) is 4.07. The van der Waals surface area contributed by atoms with Gasteiger partial charge in [0.05, 0.1) is 0 Å². The van der Waals surface area contributed by atoms with E-state index in [2.05, 4.69) is 10.2 Å². The summed E-state index contributed by atoms with van der Waals surface area (Å²) in [7, 11) is 0. The number of nitrogens with zero attached hydrogens (tertiary/aromatic N) is 1. The van der Waals surface area contributed by atoms with Crippen LogP contribution in [-0.2, 0) is 0 Å². The van der Waals surface area contributed by atoms with Crippen LogP contribution in [0.1, 0.15) is 6.42 Å². The summed E-state index contributed by atoms with van der Waals surface area (Å²) in [6.45, 7) is 4.31. The van der Waals surface area contributed by atoms with E-state index in [0.717, 1.165) is 25.2 Å². The molecule has 0 aliphatic carbocycles. The Kier molecular flexibility index (Phi) is 1.64. The molecule has 0 saturated carbocycles. The summed E-state index contributed by atoms with van der Waals surface area (Å²) in [6, 6.07) is 1.57. The highest BCUT2D eigenvalue weighted by atomic mass is 15.3. The van der Waals surface area contributed by atoms with Crippen LogP contribution in [0, 0.1) is 0 Å². The van der Waals surface area contributed by atoms with Gasteiger partial charge in [-0.05, 0) is 6.42 Å². The van der Waals surface area contributed by atoms with Crippen LogP contribution < -0.4 is 11.1 Å². The van der Waals surface area contributed by atoms with Crippen LogP contribution in [0.2, 0.25) is 0 Å². The Labute approximate surface area is 61.6 Å². The fraction of sp³-hybridized carbons (Fsp3) is 1.00. The van der Waals surface area contributed by atoms with Gasteiger partial charge in [0.15, 0.2) is 0 Å². The molecule has 3 N–H and O–H groups in total. The molecule has 0 amide bonds. The quantitative estimate of drug-likeness (QED) is 0.518. The molecular formula is C7H15N3. The highest BCUT2D eigenvalue weighted by molar-refractivity contribution is 4.97. The minimum Gasteiger partial charge on any atom is -0.329 e. The summed E-state index contributed by atoms with van der Waals surface area (Å²) in [4.78, 5) is 2.45. The third-order valence-electron chi connectivity index (χ3n) is 2.44. The predicted molar refractivity (Wildman–Crippen MR) is 40.8 cm³/mol. The number of rotatable bonds is 2. The first-order valence-electron chi connectivity index (χ1n) is 4.07. The standard InChI is InChI=1S/C7H15N3/c8-1-2-10-4-6-3-7(5-10)9-6/h6-7,9H,1-5,8H2. The Balaban J connectivity index is 1.80. The molecule has 3 heterocycles. The zero-order chi connectivity index (χ0) is 6.97. The van der Waals surface area contributed by atoms with E-state index in [-0.39, 0.29) is 0 Å². The number of hydrogen-bond acceptors (Lipinski definition) is 3. The van der Waals surface area contributed by atoms with Crippen molar-refractivity contribution in [1.29, 1.82) is 0 Å². The van der Waals surface area contributed by atoms with E-state index in [1.165, 1.54) is 19.5 Å². The van der Waals surface area contributed by atoms with E-state index in [1.54, 1.807) is 0 Å². The lowest BCUT2D eigenvalue weighted by molar-refractivity contribution is 0.0805. The molecule has 0 aromatic rings. The summed E-state index contributed by atoms with van der Waals surface area (Å²) >= 11 is 0. The molecule has 3 aliphatic heterocycles. The van der Waals surface area contributed by atoms with Crippen LogP contribution in [0.4, 0.5) is 0 Å². The Morgan fingerprint density at radius 1 is 1.40 bits per heavy atom. The molecule has 2 unspecified atom stereocenters. The van der Waals surface area contributed by atoms with Crippen molar-refractivity contribution in [2.24, 2.45) is 5.73 Å². The number of fused-ring (bicyclic) bond motifs is 2. The highest BCUT2D eigenvalue weighted by Crippen LogP contribution is 2.19. The van der Waals surface area contributed by atoms with Gasteiger partial charge in [-0.1, -0.05) is 0 Å². The molecule has 2 atom stereocenters. The zero-order valence-electron chi connectivity index (χ0n) is 6.21. The molecule has 3 saturated heterocycles. The average Bonchev–Trinajstić information content (AvgIpc) is 1.87. The molecule has 58 valence electrons. The monoisotopic (exact) mass is 141 g/mol. The second-order valence-electron chi connectivity index (χ2n) is 3.34. The Hall–Kier alpha value is -0.120. The van der Waals surface area contributed by atoms with Crippen molar-refractivity contribution in [2.75, 3.05) is 26.2 Å². The number of piperazine rings is 1. The molecule has 3 heteroatoms. The van der Waals surface area contributed by atoms with Gasteiger partial charge in [0.1, 0.15) is 0 Å². The second kappa shape index (κ2) is 2.49. The molecule has 3 aliphatic rings. The maximum atomic E-state index is 5.46. The average molecular weight is 141 g/mol. The molecule has 10 heavy (non-hydrogen) atoms. The molecule has 0 aromatic carbocycles. The van der Waals surface area contributed by atoms with Crippen molar-refractivity contribution < 1.29 is 0 Å². The largest absolute Gasteiger partial charge is 0.329 e. The SMILES string of the molecule is NCCN1CC2CC(C1)N2. The summed E-state index contributed by atoms with van der Waals surface area (Å²) in [5, 5.41) is 3.49. The fourth-order valence-corrected chi connectivity index (χ4v) is 1.97. The van der Waals surface area contributed by atoms with Gasteiger partial charge in [-0.3, -0.25) is 4.90 Å². The summed E-state index contributed by atoms with van der Waals surface area (Å²) in [5.74, 6) is 0. The van der Waals surface area contributed by atoms with Gasteiger partial charge in [-0.2, -0.15) is 0 Å². The molecule has 0 radical (unpaired) electrons. The first kappa shape index (κ1) is 6.58. The number of nitrogens with one attached hydrogen (secondary N) is 1. The van der Waals surface area contributed by atoms with E-state index < -0.39 is 0 Å². The topological polar surface area (TPSA) is 41.3 Å². The van der Waals surface area contributed by atoms with Crippen molar-refractivity contribution in [2.45, 2.75) is 18.5 Å². The maximum Gasteiger partial charge on any atom is 0.0213 e. The molecule has 2 bridgehead atoms. The highest BCUT2D eigenvalue weighted by Gasteiger charge is 2.35. The van der Waals surface area contributed by atoms with Gasteiger partial charge < -0.3 is 11.1 Å². The second-order valence-corrected chi connectivity index (χ2v) is 3.34. The van der Waals surface area contributed by atoms with Gasteiger partial charge in [-0.25, -0.2) is 0 Å². The van der Waals surface area contributed by atoms with Crippen LogP contribution in [0.15, 0.2) is 0 Å². The smallest absolute Gasteiger partial charge is 0.0213 e. The minimum atomic E-state index is 0.783. The van der Waals surface area contributed by atoms with E-state index >= 15 is 0 Å². The number of hydrogen-bond donors (Lipinski definition) is 2. The number of nitrogens with two attached hydrogens (primary N) is 1. The lowest BCUT2D eigenvalue weighted by Gasteiger charge is -2.48. The van der Waals surface area contributed by atoms with E-state index in [9.17, 15) is 0 Å². The lowest BCUT2D eigenvalue weighted by Crippen LogP contribution is -2.67.